The number of rotatable bonds is 2. The Balaban J connectivity index is 2.48. The predicted octanol–water partition coefficient (Wildman–Crippen LogP) is 5.25. The summed E-state index contributed by atoms with van der Waals surface area (Å²) in [6.45, 7) is 1.63. The maximum Gasteiger partial charge on any atom is 0.129 e. The van der Waals surface area contributed by atoms with Crippen molar-refractivity contribution in [1.29, 1.82) is 0 Å². The van der Waals surface area contributed by atoms with Gasteiger partial charge in [0.25, 0.3) is 0 Å². The Hall–Kier alpha value is -1.12. The normalized spacial score (nSPS) is 12.5. The molecule has 0 aromatic heterocycles. The number of aryl methyl sites for hydroxylation is 1. The molecule has 0 saturated heterocycles. The highest BCUT2D eigenvalue weighted by atomic mass is 35.5. The fraction of sp³-hybridized carbons (Fsp3) is 0.143. The monoisotopic (exact) mass is 286 g/mol. The van der Waals surface area contributed by atoms with Crippen LogP contribution in [-0.2, 0) is 0 Å². The molecule has 4 heteroatoms. The second kappa shape index (κ2) is 5.25. The minimum absolute atomic E-state index is 0.215. The van der Waals surface area contributed by atoms with Crippen molar-refractivity contribution in [3.8, 4) is 0 Å². The molecule has 0 heterocycles. The van der Waals surface area contributed by atoms with Crippen LogP contribution in [-0.4, -0.2) is 0 Å². The molecule has 0 aliphatic carbocycles. The fourth-order valence-corrected chi connectivity index (χ4v) is 2.43. The summed E-state index contributed by atoms with van der Waals surface area (Å²) in [6.07, 6.45) is 0. The summed E-state index contributed by atoms with van der Waals surface area (Å²) < 4.78 is 26.9. The summed E-state index contributed by atoms with van der Waals surface area (Å²) in [4.78, 5) is 0. The smallest absolute Gasteiger partial charge is 0.129 e. The number of benzene rings is 2. The highest BCUT2D eigenvalue weighted by molar-refractivity contribution is 6.33. The lowest BCUT2D eigenvalue weighted by molar-refractivity contribution is 0.610. The van der Waals surface area contributed by atoms with E-state index in [0.717, 1.165) is 0 Å². The lowest BCUT2D eigenvalue weighted by atomic mass is 10.0. The largest absolute Gasteiger partial charge is 0.207 e. The average Bonchev–Trinajstić information content (AvgIpc) is 2.32. The van der Waals surface area contributed by atoms with Gasteiger partial charge in [0.15, 0.2) is 0 Å². The summed E-state index contributed by atoms with van der Waals surface area (Å²) in [6, 6.07) is 8.83. The molecule has 0 aliphatic heterocycles. The molecule has 18 heavy (non-hydrogen) atoms. The first-order chi connectivity index (χ1) is 8.50. The third-order valence-electron chi connectivity index (χ3n) is 2.73. The van der Waals surface area contributed by atoms with Crippen LogP contribution in [0.2, 0.25) is 5.02 Å². The highest BCUT2D eigenvalue weighted by Crippen LogP contribution is 2.35. The molecule has 2 aromatic rings. The van der Waals surface area contributed by atoms with Crippen LogP contribution >= 0.6 is 23.2 Å². The van der Waals surface area contributed by atoms with Gasteiger partial charge in [-0.1, -0.05) is 29.8 Å². The molecule has 0 bridgehead atoms. The van der Waals surface area contributed by atoms with Crippen molar-refractivity contribution in [3.63, 3.8) is 0 Å². The van der Waals surface area contributed by atoms with Crippen LogP contribution in [0.25, 0.3) is 0 Å². The maximum atomic E-state index is 13.7. The van der Waals surface area contributed by atoms with Crippen molar-refractivity contribution in [2.75, 3.05) is 0 Å². The molecule has 2 rings (SSSR count). The first-order valence-corrected chi connectivity index (χ1v) is 6.16. The van der Waals surface area contributed by atoms with Gasteiger partial charge in [-0.25, -0.2) is 8.78 Å². The molecule has 0 fully saturated rings. The number of hydrogen-bond donors (Lipinski definition) is 0. The van der Waals surface area contributed by atoms with Crippen molar-refractivity contribution < 1.29 is 8.78 Å². The molecular weight excluding hydrogens is 277 g/mol. The zero-order valence-electron chi connectivity index (χ0n) is 9.55. The van der Waals surface area contributed by atoms with E-state index in [9.17, 15) is 8.78 Å². The van der Waals surface area contributed by atoms with Gasteiger partial charge in [0.2, 0.25) is 0 Å². The van der Waals surface area contributed by atoms with Crippen molar-refractivity contribution in [3.05, 3.63) is 69.7 Å². The molecule has 2 aromatic carbocycles. The van der Waals surface area contributed by atoms with E-state index in [0.29, 0.717) is 11.1 Å². The Labute approximate surface area is 114 Å². The Morgan fingerprint density at radius 1 is 1.06 bits per heavy atom. The predicted molar refractivity (Wildman–Crippen MR) is 70.2 cm³/mol. The molecule has 0 nitrogen and oxygen atoms in total. The molecule has 0 radical (unpaired) electrons. The summed E-state index contributed by atoms with van der Waals surface area (Å²) in [5.74, 6) is -0.785. The van der Waals surface area contributed by atoms with Gasteiger partial charge >= 0.3 is 0 Å². The van der Waals surface area contributed by atoms with E-state index in [1.165, 1.54) is 24.3 Å². The quantitative estimate of drug-likeness (QED) is 0.661. The Morgan fingerprint density at radius 2 is 1.78 bits per heavy atom. The van der Waals surface area contributed by atoms with Crippen molar-refractivity contribution in [2.24, 2.45) is 0 Å². The van der Waals surface area contributed by atoms with Gasteiger partial charge < -0.3 is 0 Å². The molecule has 1 atom stereocenters. The van der Waals surface area contributed by atoms with Crippen LogP contribution in [0.1, 0.15) is 22.1 Å². The minimum atomic E-state index is -0.738. The van der Waals surface area contributed by atoms with Gasteiger partial charge in [-0.3, -0.25) is 0 Å². The van der Waals surface area contributed by atoms with Crippen LogP contribution in [0.5, 0.6) is 0 Å². The first kappa shape index (κ1) is 13.3. The molecule has 1 unspecified atom stereocenters. The van der Waals surface area contributed by atoms with Crippen molar-refractivity contribution in [2.45, 2.75) is 12.3 Å². The lowest BCUT2D eigenvalue weighted by Crippen LogP contribution is -1.99. The molecule has 0 amide bonds. The zero-order chi connectivity index (χ0) is 13.3. The zero-order valence-corrected chi connectivity index (χ0v) is 11.1. The molecule has 0 aliphatic rings. The molecule has 0 saturated carbocycles. The van der Waals surface area contributed by atoms with Gasteiger partial charge in [0, 0.05) is 10.6 Å². The van der Waals surface area contributed by atoms with Gasteiger partial charge in [-0.2, -0.15) is 0 Å². The summed E-state index contributed by atoms with van der Waals surface area (Å²) in [5, 5.41) is -0.477. The molecule has 94 valence electrons. The number of alkyl halides is 1. The van der Waals surface area contributed by atoms with E-state index in [2.05, 4.69) is 0 Å². The third-order valence-corrected chi connectivity index (χ3v) is 3.53. The lowest BCUT2D eigenvalue weighted by Gasteiger charge is -2.14. The summed E-state index contributed by atoms with van der Waals surface area (Å²) >= 11 is 12.2. The fourth-order valence-electron chi connectivity index (χ4n) is 1.75. The topological polar surface area (TPSA) is 0 Å². The summed E-state index contributed by atoms with van der Waals surface area (Å²) in [5.41, 5.74) is 1.29. The van der Waals surface area contributed by atoms with Crippen LogP contribution < -0.4 is 0 Å². The summed E-state index contributed by atoms with van der Waals surface area (Å²) in [7, 11) is 0. The third kappa shape index (κ3) is 2.50. The van der Waals surface area contributed by atoms with Crippen LogP contribution in [0.4, 0.5) is 8.78 Å². The van der Waals surface area contributed by atoms with Crippen molar-refractivity contribution >= 4 is 23.2 Å². The molecular formula is C14H10Cl2F2. The number of hydrogen-bond acceptors (Lipinski definition) is 0. The molecule has 0 spiro atoms. The van der Waals surface area contributed by atoms with Crippen LogP contribution in [0, 0.1) is 18.6 Å². The second-order valence-electron chi connectivity index (χ2n) is 4.01. The number of halogens is 4. The SMILES string of the molecule is Cc1cc(C(Cl)c2c(F)cccc2Cl)ccc1F. The van der Waals surface area contributed by atoms with E-state index in [-0.39, 0.29) is 16.4 Å². The highest BCUT2D eigenvalue weighted by Gasteiger charge is 2.19. The van der Waals surface area contributed by atoms with E-state index in [1.807, 2.05) is 0 Å². The maximum absolute atomic E-state index is 13.7. The van der Waals surface area contributed by atoms with E-state index in [4.69, 9.17) is 23.2 Å². The Morgan fingerprint density at radius 3 is 2.39 bits per heavy atom. The first-order valence-electron chi connectivity index (χ1n) is 5.34. The second-order valence-corrected chi connectivity index (χ2v) is 4.85. The van der Waals surface area contributed by atoms with Gasteiger partial charge in [0.1, 0.15) is 11.6 Å². The van der Waals surface area contributed by atoms with E-state index in [1.54, 1.807) is 19.1 Å². The van der Waals surface area contributed by atoms with Gasteiger partial charge in [-0.05, 0) is 36.2 Å². The molecule has 0 N–H and O–H groups in total. The minimum Gasteiger partial charge on any atom is -0.207 e. The Bertz CT molecular complexity index is 562. The standard InChI is InChI=1S/C14H10Cl2F2/c1-8-7-9(5-6-11(8)17)14(16)13-10(15)3-2-4-12(13)18/h2-7,14H,1H3. The van der Waals surface area contributed by atoms with E-state index < -0.39 is 11.2 Å². The van der Waals surface area contributed by atoms with E-state index >= 15 is 0 Å². The van der Waals surface area contributed by atoms with Crippen LogP contribution in [0.3, 0.4) is 0 Å². The van der Waals surface area contributed by atoms with Gasteiger partial charge in [-0.15, -0.1) is 11.6 Å². The Kier molecular flexibility index (Phi) is 3.88. The van der Waals surface area contributed by atoms with Crippen LogP contribution in [0.15, 0.2) is 36.4 Å². The average molecular weight is 287 g/mol. The van der Waals surface area contributed by atoms with Crippen molar-refractivity contribution in [1.82, 2.24) is 0 Å². The van der Waals surface area contributed by atoms with Gasteiger partial charge in [0.05, 0.1) is 5.38 Å².